The number of benzene rings is 1. The zero-order chi connectivity index (χ0) is 12.5. The molecule has 18 heavy (non-hydrogen) atoms. The molecule has 0 unspecified atom stereocenters. The molecule has 0 saturated carbocycles. The van der Waals surface area contributed by atoms with E-state index in [9.17, 15) is 0 Å². The van der Waals surface area contributed by atoms with E-state index in [0.29, 0.717) is 11.6 Å². The largest absolute Gasteiger partial charge is 0.463 e. The van der Waals surface area contributed by atoms with E-state index in [1.165, 1.54) is 5.56 Å². The molecule has 0 radical (unpaired) electrons. The fraction of sp³-hybridized carbons (Fsp3) is 0.0714. The number of nitrogens with two attached hydrogens (primary N) is 1. The number of nitrogen functional groups attached to an aromatic ring is 1. The van der Waals surface area contributed by atoms with Crippen LogP contribution in [0.4, 0.5) is 5.82 Å². The molecule has 0 aliphatic rings. The predicted molar refractivity (Wildman–Crippen MR) is 70.4 cm³/mol. The van der Waals surface area contributed by atoms with Crippen LogP contribution in [0, 0.1) is 6.92 Å². The summed E-state index contributed by atoms with van der Waals surface area (Å²) in [4.78, 5) is 0. The average Bonchev–Trinajstić information content (AvgIpc) is 2.97. The van der Waals surface area contributed by atoms with E-state index in [1.807, 2.05) is 43.3 Å². The van der Waals surface area contributed by atoms with Gasteiger partial charge in [0.25, 0.3) is 0 Å². The van der Waals surface area contributed by atoms with Crippen molar-refractivity contribution >= 4 is 5.82 Å². The SMILES string of the molecule is Cc1cccc(-n2nc(-c3ccco3)cc2N)c1. The lowest BCUT2D eigenvalue weighted by molar-refractivity contribution is 0.579. The van der Waals surface area contributed by atoms with Crippen molar-refractivity contribution in [1.29, 1.82) is 0 Å². The minimum atomic E-state index is 0.590. The Hall–Kier alpha value is -2.49. The van der Waals surface area contributed by atoms with Crippen LogP contribution < -0.4 is 5.73 Å². The van der Waals surface area contributed by atoms with Crippen LogP contribution in [0.1, 0.15) is 5.56 Å². The van der Waals surface area contributed by atoms with E-state index in [1.54, 1.807) is 17.0 Å². The van der Waals surface area contributed by atoms with Crippen LogP contribution in [-0.4, -0.2) is 9.78 Å². The van der Waals surface area contributed by atoms with Crippen LogP contribution in [0.15, 0.2) is 53.1 Å². The zero-order valence-corrected chi connectivity index (χ0v) is 10.00. The molecule has 1 aromatic carbocycles. The van der Waals surface area contributed by atoms with Crippen molar-refractivity contribution in [1.82, 2.24) is 9.78 Å². The Bertz CT molecular complexity index is 668. The Kier molecular flexibility index (Phi) is 2.41. The third-order valence-corrected chi connectivity index (χ3v) is 2.76. The van der Waals surface area contributed by atoms with Crippen molar-refractivity contribution in [3.05, 3.63) is 54.3 Å². The Balaban J connectivity index is 2.09. The molecule has 90 valence electrons. The van der Waals surface area contributed by atoms with Crippen molar-refractivity contribution in [2.24, 2.45) is 0 Å². The van der Waals surface area contributed by atoms with Gasteiger partial charge in [0.2, 0.25) is 0 Å². The van der Waals surface area contributed by atoms with Gasteiger partial charge in [-0.2, -0.15) is 5.10 Å². The molecule has 0 aliphatic heterocycles. The average molecular weight is 239 g/mol. The van der Waals surface area contributed by atoms with E-state index in [2.05, 4.69) is 5.10 Å². The highest BCUT2D eigenvalue weighted by Crippen LogP contribution is 2.23. The van der Waals surface area contributed by atoms with Gasteiger partial charge >= 0.3 is 0 Å². The monoisotopic (exact) mass is 239 g/mol. The first-order chi connectivity index (χ1) is 8.74. The molecular weight excluding hydrogens is 226 g/mol. The number of anilines is 1. The summed E-state index contributed by atoms with van der Waals surface area (Å²) in [5.74, 6) is 1.31. The van der Waals surface area contributed by atoms with Crippen LogP contribution in [0.25, 0.3) is 17.1 Å². The van der Waals surface area contributed by atoms with Crippen molar-refractivity contribution in [3.8, 4) is 17.1 Å². The molecule has 2 N–H and O–H groups in total. The summed E-state index contributed by atoms with van der Waals surface area (Å²) in [6.45, 7) is 2.04. The van der Waals surface area contributed by atoms with E-state index in [4.69, 9.17) is 10.2 Å². The molecule has 0 saturated heterocycles. The Morgan fingerprint density at radius 3 is 2.78 bits per heavy atom. The van der Waals surface area contributed by atoms with Gasteiger partial charge in [0.15, 0.2) is 5.76 Å². The molecule has 2 heterocycles. The maximum atomic E-state index is 5.99. The quantitative estimate of drug-likeness (QED) is 0.747. The second-order valence-corrected chi connectivity index (χ2v) is 4.18. The van der Waals surface area contributed by atoms with E-state index in [-0.39, 0.29) is 0 Å². The molecule has 4 heteroatoms. The first-order valence-corrected chi connectivity index (χ1v) is 5.70. The minimum absolute atomic E-state index is 0.590. The van der Waals surface area contributed by atoms with E-state index >= 15 is 0 Å². The van der Waals surface area contributed by atoms with Gasteiger partial charge in [0.1, 0.15) is 11.5 Å². The third kappa shape index (κ3) is 1.78. The predicted octanol–water partition coefficient (Wildman–Crippen LogP) is 3.02. The first kappa shape index (κ1) is 10.7. The van der Waals surface area contributed by atoms with Crippen LogP contribution in [-0.2, 0) is 0 Å². The van der Waals surface area contributed by atoms with E-state index in [0.717, 1.165) is 11.4 Å². The van der Waals surface area contributed by atoms with Crippen molar-refractivity contribution < 1.29 is 4.42 Å². The second kappa shape index (κ2) is 4.07. The van der Waals surface area contributed by atoms with Crippen LogP contribution in [0.2, 0.25) is 0 Å². The summed E-state index contributed by atoms with van der Waals surface area (Å²) in [6.07, 6.45) is 1.62. The number of furan rings is 1. The van der Waals surface area contributed by atoms with Gasteiger partial charge in [-0.15, -0.1) is 0 Å². The number of hydrogen-bond donors (Lipinski definition) is 1. The molecule has 0 aliphatic carbocycles. The highest BCUT2D eigenvalue weighted by Gasteiger charge is 2.10. The summed E-state index contributed by atoms with van der Waals surface area (Å²) < 4.78 is 7.03. The van der Waals surface area contributed by atoms with Gasteiger partial charge in [0.05, 0.1) is 12.0 Å². The van der Waals surface area contributed by atoms with Gasteiger partial charge in [0, 0.05) is 6.07 Å². The smallest absolute Gasteiger partial charge is 0.154 e. The minimum Gasteiger partial charge on any atom is -0.463 e. The highest BCUT2D eigenvalue weighted by atomic mass is 16.3. The molecule has 0 bridgehead atoms. The van der Waals surface area contributed by atoms with Crippen LogP contribution in [0.3, 0.4) is 0 Å². The van der Waals surface area contributed by atoms with Gasteiger partial charge in [-0.3, -0.25) is 0 Å². The fourth-order valence-electron chi connectivity index (χ4n) is 1.91. The summed E-state index contributed by atoms with van der Waals surface area (Å²) in [6, 6.07) is 13.5. The van der Waals surface area contributed by atoms with Gasteiger partial charge in [-0.25, -0.2) is 4.68 Å². The lowest BCUT2D eigenvalue weighted by Gasteiger charge is -2.04. The molecule has 3 rings (SSSR count). The van der Waals surface area contributed by atoms with E-state index < -0.39 is 0 Å². The summed E-state index contributed by atoms with van der Waals surface area (Å²) in [5.41, 5.74) is 8.84. The maximum absolute atomic E-state index is 5.99. The topological polar surface area (TPSA) is 57.0 Å². The molecule has 3 aromatic rings. The summed E-state index contributed by atoms with van der Waals surface area (Å²) in [5, 5.41) is 4.46. The highest BCUT2D eigenvalue weighted by molar-refractivity contribution is 5.58. The van der Waals surface area contributed by atoms with Gasteiger partial charge < -0.3 is 10.2 Å². The molecular formula is C14H13N3O. The molecule has 0 amide bonds. The summed E-state index contributed by atoms with van der Waals surface area (Å²) >= 11 is 0. The Morgan fingerprint density at radius 2 is 2.06 bits per heavy atom. The number of aromatic nitrogens is 2. The molecule has 2 aromatic heterocycles. The van der Waals surface area contributed by atoms with Gasteiger partial charge in [-0.05, 0) is 36.8 Å². The maximum Gasteiger partial charge on any atom is 0.154 e. The number of rotatable bonds is 2. The van der Waals surface area contributed by atoms with Crippen molar-refractivity contribution in [2.45, 2.75) is 6.92 Å². The molecule has 0 spiro atoms. The van der Waals surface area contributed by atoms with Crippen molar-refractivity contribution in [2.75, 3.05) is 5.73 Å². The van der Waals surface area contributed by atoms with Crippen molar-refractivity contribution in [3.63, 3.8) is 0 Å². The molecule has 4 nitrogen and oxygen atoms in total. The number of nitrogens with zero attached hydrogens (tertiary/aromatic N) is 2. The Morgan fingerprint density at radius 1 is 1.17 bits per heavy atom. The Labute approximate surface area is 105 Å². The second-order valence-electron chi connectivity index (χ2n) is 4.18. The standard InChI is InChI=1S/C14H13N3O/c1-10-4-2-5-11(8-10)17-14(15)9-12(16-17)13-6-3-7-18-13/h2-9H,15H2,1H3. The summed E-state index contributed by atoms with van der Waals surface area (Å²) in [7, 11) is 0. The van der Waals surface area contributed by atoms with Crippen LogP contribution >= 0.6 is 0 Å². The number of hydrogen-bond acceptors (Lipinski definition) is 3. The van der Waals surface area contributed by atoms with Crippen LogP contribution in [0.5, 0.6) is 0 Å². The fourth-order valence-corrected chi connectivity index (χ4v) is 1.91. The molecule has 0 atom stereocenters. The lowest BCUT2D eigenvalue weighted by atomic mass is 10.2. The third-order valence-electron chi connectivity index (χ3n) is 2.76. The lowest BCUT2D eigenvalue weighted by Crippen LogP contribution is -2.01. The first-order valence-electron chi connectivity index (χ1n) is 5.70. The number of aryl methyl sites for hydroxylation is 1. The molecule has 0 fully saturated rings. The normalized spacial score (nSPS) is 10.7. The zero-order valence-electron chi connectivity index (χ0n) is 10.00. The van der Waals surface area contributed by atoms with Gasteiger partial charge in [-0.1, -0.05) is 12.1 Å².